The Kier molecular flexibility index (Phi) is 3.78. The second kappa shape index (κ2) is 5.12. The van der Waals surface area contributed by atoms with Gasteiger partial charge in [-0.15, -0.1) is 0 Å². The van der Waals surface area contributed by atoms with Crippen LogP contribution >= 0.6 is 21.5 Å². The van der Waals surface area contributed by atoms with Crippen molar-refractivity contribution in [3.63, 3.8) is 0 Å². The Morgan fingerprint density at radius 1 is 0.812 bits per heavy atom. The highest BCUT2D eigenvalue weighted by Gasteiger charge is 2.38. The first-order chi connectivity index (χ1) is 7.77. The van der Waals surface area contributed by atoms with Crippen molar-refractivity contribution in [1.82, 2.24) is 0 Å². The summed E-state index contributed by atoms with van der Waals surface area (Å²) in [5, 5.41) is 2.84. The molecule has 0 bridgehead atoms. The van der Waals surface area contributed by atoms with Gasteiger partial charge in [-0.25, -0.2) is 0 Å². The van der Waals surface area contributed by atoms with Crippen LogP contribution in [0.1, 0.15) is 6.92 Å². The van der Waals surface area contributed by atoms with Crippen LogP contribution in [0.2, 0.25) is 0 Å². The SMILES string of the molecule is CC[P+](Br)(c1ccccc1)c1ccccc1. The lowest BCUT2D eigenvalue weighted by Crippen LogP contribution is -2.18. The van der Waals surface area contributed by atoms with E-state index in [2.05, 4.69) is 83.1 Å². The number of halogens is 1. The summed E-state index contributed by atoms with van der Waals surface area (Å²) < 4.78 is 0. The number of hydrogen-bond acceptors (Lipinski definition) is 0. The zero-order valence-electron chi connectivity index (χ0n) is 9.31. The lowest BCUT2D eigenvalue weighted by molar-refractivity contribution is 1.50. The highest BCUT2D eigenvalue weighted by Crippen LogP contribution is 2.63. The lowest BCUT2D eigenvalue weighted by Gasteiger charge is -2.17. The van der Waals surface area contributed by atoms with Crippen molar-refractivity contribution >= 4 is 32.1 Å². The van der Waals surface area contributed by atoms with Crippen LogP contribution in [0, 0.1) is 0 Å². The molecular weight excluding hydrogens is 279 g/mol. The van der Waals surface area contributed by atoms with Crippen LogP contribution in [-0.2, 0) is 0 Å². The lowest BCUT2D eigenvalue weighted by atomic mass is 10.4. The molecule has 2 rings (SSSR count). The Labute approximate surface area is 106 Å². The largest absolute Gasteiger partial charge is 0.151 e. The van der Waals surface area contributed by atoms with Gasteiger partial charge in [-0.1, -0.05) is 36.4 Å². The first kappa shape index (κ1) is 11.8. The smallest absolute Gasteiger partial charge is 0.0620 e. The van der Waals surface area contributed by atoms with Gasteiger partial charge in [0.25, 0.3) is 0 Å². The van der Waals surface area contributed by atoms with Crippen molar-refractivity contribution in [2.75, 3.05) is 6.16 Å². The Balaban J connectivity index is 2.49. The molecule has 0 unspecified atom stereocenters. The van der Waals surface area contributed by atoms with Gasteiger partial charge in [0.05, 0.1) is 6.16 Å². The molecule has 0 N–H and O–H groups in total. The third-order valence-corrected chi connectivity index (χ3v) is 9.83. The molecule has 82 valence electrons. The van der Waals surface area contributed by atoms with Crippen LogP contribution in [0.5, 0.6) is 0 Å². The molecule has 0 spiro atoms. The fourth-order valence-corrected chi connectivity index (χ4v) is 5.58. The molecule has 0 aromatic heterocycles. The molecule has 0 atom stereocenters. The van der Waals surface area contributed by atoms with E-state index in [4.69, 9.17) is 0 Å². The van der Waals surface area contributed by atoms with E-state index in [1.54, 1.807) is 0 Å². The summed E-state index contributed by atoms with van der Waals surface area (Å²) >= 11 is 4.01. The van der Waals surface area contributed by atoms with Gasteiger partial charge in [-0.2, -0.15) is 0 Å². The van der Waals surface area contributed by atoms with Gasteiger partial charge in [-0.3, -0.25) is 0 Å². The van der Waals surface area contributed by atoms with E-state index in [0.717, 1.165) is 6.16 Å². The molecule has 0 heterocycles. The van der Waals surface area contributed by atoms with Gasteiger partial charge in [0.2, 0.25) is 0 Å². The molecule has 2 aromatic carbocycles. The van der Waals surface area contributed by atoms with E-state index < -0.39 is 5.96 Å². The molecule has 16 heavy (non-hydrogen) atoms. The monoisotopic (exact) mass is 293 g/mol. The van der Waals surface area contributed by atoms with E-state index >= 15 is 0 Å². The van der Waals surface area contributed by atoms with Gasteiger partial charge in [0.1, 0.15) is 16.6 Å². The summed E-state index contributed by atoms with van der Waals surface area (Å²) in [6.45, 7) is 2.25. The first-order valence-electron chi connectivity index (χ1n) is 5.46. The second-order valence-corrected chi connectivity index (χ2v) is 10.4. The second-order valence-electron chi connectivity index (χ2n) is 3.70. The average Bonchev–Trinajstić information content (AvgIpc) is 2.40. The Hall–Kier alpha value is -0.650. The van der Waals surface area contributed by atoms with Crippen LogP contribution in [0.15, 0.2) is 60.7 Å². The molecule has 0 saturated heterocycles. The van der Waals surface area contributed by atoms with Crippen molar-refractivity contribution < 1.29 is 0 Å². The van der Waals surface area contributed by atoms with Crippen LogP contribution in [0.4, 0.5) is 0 Å². The summed E-state index contributed by atoms with van der Waals surface area (Å²) in [4.78, 5) is 0. The van der Waals surface area contributed by atoms with E-state index in [1.165, 1.54) is 10.6 Å². The molecule has 0 fully saturated rings. The molecular formula is C14H15BrP+. The zero-order chi connectivity index (χ0) is 11.4. The zero-order valence-corrected chi connectivity index (χ0v) is 11.8. The van der Waals surface area contributed by atoms with Crippen molar-refractivity contribution in [1.29, 1.82) is 0 Å². The molecule has 0 aliphatic rings. The molecule has 0 saturated carbocycles. The molecule has 0 aliphatic heterocycles. The van der Waals surface area contributed by atoms with Gasteiger partial charge in [0, 0.05) is 0 Å². The minimum Gasteiger partial charge on any atom is -0.0620 e. The van der Waals surface area contributed by atoms with Crippen molar-refractivity contribution in [2.24, 2.45) is 0 Å². The molecule has 0 amide bonds. The van der Waals surface area contributed by atoms with E-state index in [1.807, 2.05) is 0 Å². The molecule has 0 nitrogen and oxygen atoms in total. The van der Waals surface area contributed by atoms with Crippen LogP contribution in [-0.4, -0.2) is 6.16 Å². The van der Waals surface area contributed by atoms with Gasteiger partial charge in [-0.05, 0) is 31.2 Å². The molecule has 0 radical (unpaired) electrons. The highest BCUT2D eigenvalue weighted by atomic mass is 79.9. The van der Waals surface area contributed by atoms with Crippen LogP contribution < -0.4 is 10.6 Å². The van der Waals surface area contributed by atoms with Crippen molar-refractivity contribution in [3.05, 3.63) is 60.7 Å². The maximum atomic E-state index is 4.01. The maximum absolute atomic E-state index is 4.01. The summed E-state index contributed by atoms with van der Waals surface area (Å²) in [7, 11) is 0. The van der Waals surface area contributed by atoms with Gasteiger partial charge >= 0.3 is 0 Å². The maximum Gasteiger partial charge on any atom is 0.151 e. The third kappa shape index (κ3) is 2.21. The number of rotatable bonds is 3. The average molecular weight is 294 g/mol. The molecule has 0 aliphatic carbocycles. The number of hydrogen-bond donors (Lipinski definition) is 0. The Morgan fingerprint density at radius 3 is 1.50 bits per heavy atom. The van der Waals surface area contributed by atoms with Gasteiger partial charge in [0.15, 0.2) is 15.5 Å². The van der Waals surface area contributed by atoms with Crippen molar-refractivity contribution in [2.45, 2.75) is 6.92 Å². The quantitative estimate of drug-likeness (QED) is 0.751. The molecule has 2 heteroatoms. The summed E-state index contributed by atoms with van der Waals surface area (Å²) in [5.74, 6) is -1.34. The minimum atomic E-state index is -1.34. The van der Waals surface area contributed by atoms with Crippen LogP contribution in [0.25, 0.3) is 0 Å². The molecule has 2 aromatic rings. The normalized spacial score (nSPS) is 11.4. The number of benzene rings is 2. The summed E-state index contributed by atoms with van der Waals surface area (Å²) in [6.07, 6.45) is 1.14. The Morgan fingerprint density at radius 2 is 1.19 bits per heavy atom. The van der Waals surface area contributed by atoms with E-state index in [9.17, 15) is 0 Å². The Bertz CT molecular complexity index is 399. The highest BCUT2D eigenvalue weighted by molar-refractivity contribution is 9.43. The minimum absolute atomic E-state index is 1.14. The van der Waals surface area contributed by atoms with Crippen LogP contribution in [0.3, 0.4) is 0 Å². The summed E-state index contributed by atoms with van der Waals surface area (Å²) in [5.41, 5.74) is 0. The predicted octanol–water partition coefficient (Wildman–Crippen LogP) is 3.98. The van der Waals surface area contributed by atoms with Crippen molar-refractivity contribution in [3.8, 4) is 0 Å². The standard InChI is InChI=1S/C14H15BrP/c1-2-16(15,13-9-5-3-6-10-13)14-11-7-4-8-12-14/h3-12H,2H2,1H3/q+1. The predicted molar refractivity (Wildman–Crippen MR) is 78.5 cm³/mol. The fraction of sp³-hybridized carbons (Fsp3) is 0.143. The third-order valence-electron chi connectivity index (χ3n) is 2.77. The topological polar surface area (TPSA) is 0 Å². The summed E-state index contributed by atoms with van der Waals surface area (Å²) in [6, 6.07) is 21.5. The first-order valence-corrected chi connectivity index (χ1v) is 9.45. The van der Waals surface area contributed by atoms with E-state index in [-0.39, 0.29) is 0 Å². The van der Waals surface area contributed by atoms with E-state index in [0.29, 0.717) is 0 Å². The fourth-order valence-electron chi connectivity index (χ4n) is 1.84. The van der Waals surface area contributed by atoms with Gasteiger partial charge < -0.3 is 0 Å².